The number of hydrogen-bond acceptors (Lipinski definition) is 2. The summed E-state index contributed by atoms with van der Waals surface area (Å²) in [6.45, 7) is 9.44. The largest absolute Gasteiger partial charge is 0.313 e. The molecule has 1 aromatic rings. The van der Waals surface area contributed by atoms with Gasteiger partial charge in [0.2, 0.25) is 0 Å². The summed E-state index contributed by atoms with van der Waals surface area (Å²) in [4.78, 5) is 4.22. The Hall–Kier alpha value is -0.890. The number of aromatic nitrogens is 1. The quantitative estimate of drug-likeness (QED) is 0.843. The second-order valence-electron chi connectivity index (χ2n) is 5.97. The fourth-order valence-electron chi connectivity index (χ4n) is 3.17. The van der Waals surface area contributed by atoms with Crippen LogP contribution in [0, 0.1) is 16.7 Å². The molecule has 1 heterocycles. The van der Waals surface area contributed by atoms with Gasteiger partial charge >= 0.3 is 0 Å². The monoisotopic (exact) mass is 218 g/mol. The summed E-state index contributed by atoms with van der Waals surface area (Å²) in [6.07, 6.45) is 3.81. The first-order chi connectivity index (χ1) is 7.43. The van der Waals surface area contributed by atoms with Crippen LogP contribution in [0.1, 0.15) is 39.3 Å². The Morgan fingerprint density at radius 2 is 1.88 bits per heavy atom. The van der Waals surface area contributed by atoms with Crippen molar-refractivity contribution >= 4 is 0 Å². The van der Waals surface area contributed by atoms with Crippen molar-refractivity contribution < 1.29 is 0 Å². The highest BCUT2D eigenvalue weighted by atomic mass is 14.9. The standard InChI is InChI=1S/C14H22N2/c1-13(2)12(14(13,3)4)11(15-5)10-7-6-8-16-9-10/h6-9,11-12,15H,1-5H3. The molecule has 0 radical (unpaired) electrons. The molecule has 1 aliphatic rings. The number of pyridine rings is 1. The molecule has 2 nitrogen and oxygen atoms in total. The fraction of sp³-hybridized carbons (Fsp3) is 0.643. The predicted octanol–water partition coefficient (Wildman–Crippen LogP) is 3.02. The maximum absolute atomic E-state index is 4.22. The van der Waals surface area contributed by atoms with E-state index < -0.39 is 0 Å². The molecule has 1 fully saturated rings. The second kappa shape index (κ2) is 3.56. The SMILES string of the molecule is CNC(c1cccnc1)C1C(C)(C)C1(C)C. The van der Waals surface area contributed by atoms with Crippen LogP contribution in [0.5, 0.6) is 0 Å². The average Bonchev–Trinajstić information content (AvgIpc) is 2.64. The van der Waals surface area contributed by atoms with Gasteiger partial charge in [0, 0.05) is 18.4 Å². The van der Waals surface area contributed by atoms with Crippen LogP contribution in [0.4, 0.5) is 0 Å². The molecule has 0 bridgehead atoms. The van der Waals surface area contributed by atoms with Crippen LogP contribution in [0.2, 0.25) is 0 Å². The normalized spacial score (nSPS) is 24.1. The number of nitrogens with zero attached hydrogens (tertiary/aromatic N) is 1. The van der Waals surface area contributed by atoms with Crippen molar-refractivity contribution in [2.24, 2.45) is 16.7 Å². The maximum atomic E-state index is 4.22. The molecular weight excluding hydrogens is 196 g/mol. The average molecular weight is 218 g/mol. The van der Waals surface area contributed by atoms with E-state index in [1.165, 1.54) is 5.56 Å². The molecule has 1 saturated carbocycles. The summed E-state index contributed by atoms with van der Waals surface area (Å²) < 4.78 is 0. The molecule has 1 unspecified atom stereocenters. The zero-order chi connectivity index (χ0) is 12.0. The van der Waals surface area contributed by atoms with Crippen molar-refractivity contribution in [3.05, 3.63) is 30.1 Å². The van der Waals surface area contributed by atoms with E-state index in [9.17, 15) is 0 Å². The van der Waals surface area contributed by atoms with Crippen LogP contribution in [0.15, 0.2) is 24.5 Å². The summed E-state index contributed by atoms with van der Waals surface area (Å²) in [5.41, 5.74) is 2.10. The number of rotatable bonds is 3. The molecule has 1 N–H and O–H groups in total. The van der Waals surface area contributed by atoms with Gasteiger partial charge in [0.25, 0.3) is 0 Å². The highest BCUT2D eigenvalue weighted by Gasteiger charge is 2.67. The van der Waals surface area contributed by atoms with Gasteiger partial charge in [0.15, 0.2) is 0 Å². The molecule has 88 valence electrons. The molecule has 2 heteroatoms. The Balaban J connectivity index is 2.27. The Kier molecular flexibility index (Phi) is 2.58. The molecule has 0 spiro atoms. The Morgan fingerprint density at radius 1 is 1.25 bits per heavy atom. The van der Waals surface area contributed by atoms with E-state index in [0.29, 0.717) is 22.8 Å². The highest BCUT2D eigenvalue weighted by Crippen LogP contribution is 2.72. The molecule has 0 aliphatic heterocycles. The topological polar surface area (TPSA) is 24.9 Å². The van der Waals surface area contributed by atoms with Gasteiger partial charge in [-0.25, -0.2) is 0 Å². The third-order valence-corrected chi connectivity index (χ3v) is 4.82. The predicted molar refractivity (Wildman–Crippen MR) is 67.1 cm³/mol. The minimum Gasteiger partial charge on any atom is -0.313 e. The van der Waals surface area contributed by atoms with Crippen molar-refractivity contribution in [1.29, 1.82) is 0 Å². The van der Waals surface area contributed by atoms with Gasteiger partial charge in [-0.3, -0.25) is 4.98 Å². The lowest BCUT2D eigenvalue weighted by atomic mass is 9.98. The Labute approximate surface area is 98.5 Å². The van der Waals surface area contributed by atoms with Gasteiger partial charge < -0.3 is 5.32 Å². The number of nitrogens with one attached hydrogen (secondary N) is 1. The molecular formula is C14H22N2. The number of hydrogen-bond donors (Lipinski definition) is 1. The molecule has 1 atom stereocenters. The van der Waals surface area contributed by atoms with Crippen molar-refractivity contribution in [2.45, 2.75) is 33.7 Å². The van der Waals surface area contributed by atoms with Crippen LogP contribution in [-0.2, 0) is 0 Å². The van der Waals surface area contributed by atoms with Crippen LogP contribution in [-0.4, -0.2) is 12.0 Å². The minimum absolute atomic E-state index is 0.399. The molecule has 1 aromatic heterocycles. The minimum atomic E-state index is 0.399. The van der Waals surface area contributed by atoms with E-state index >= 15 is 0 Å². The van der Waals surface area contributed by atoms with Crippen molar-refractivity contribution in [2.75, 3.05) is 7.05 Å². The van der Waals surface area contributed by atoms with Gasteiger partial charge in [-0.05, 0) is 35.4 Å². The zero-order valence-corrected chi connectivity index (χ0v) is 10.9. The van der Waals surface area contributed by atoms with E-state index in [2.05, 4.69) is 44.1 Å². The molecule has 1 aliphatic carbocycles. The lowest BCUT2D eigenvalue weighted by Crippen LogP contribution is -2.21. The van der Waals surface area contributed by atoms with Gasteiger partial charge in [-0.2, -0.15) is 0 Å². The summed E-state index contributed by atoms with van der Waals surface area (Å²) in [5, 5.41) is 3.45. The van der Waals surface area contributed by atoms with Crippen LogP contribution in [0.25, 0.3) is 0 Å². The first-order valence-corrected chi connectivity index (χ1v) is 6.00. The summed E-state index contributed by atoms with van der Waals surface area (Å²) >= 11 is 0. The van der Waals surface area contributed by atoms with E-state index in [4.69, 9.17) is 0 Å². The van der Waals surface area contributed by atoms with Gasteiger partial charge in [-0.15, -0.1) is 0 Å². The van der Waals surface area contributed by atoms with Crippen molar-refractivity contribution in [1.82, 2.24) is 10.3 Å². The summed E-state index contributed by atoms with van der Waals surface area (Å²) in [5.74, 6) is 0.675. The van der Waals surface area contributed by atoms with Gasteiger partial charge in [0.05, 0.1) is 0 Å². The third-order valence-electron chi connectivity index (χ3n) is 4.82. The van der Waals surface area contributed by atoms with Crippen LogP contribution >= 0.6 is 0 Å². The van der Waals surface area contributed by atoms with E-state index in [-0.39, 0.29) is 0 Å². The smallest absolute Gasteiger partial charge is 0.0372 e. The molecule has 2 rings (SSSR count). The van der Waals surface area contributed by atoms with Gasteiger partial charge in [-0.1, -0.05) is 33.8 Å². The van der Waals surface area contributed by atoms with E-state index in [1.807, 2.05) is 25.5 Å². The lowest BCUT2D eigenvalue weighted by molar-refractivity contribution is 0.437. The lowest BCUT2D eigenvalue weighted by Gasteiger charge is -2.18. The Bertz CT molecular complexity index is 354. The first-order valence-electron chi connectivity index (χ1n) is 6.00. The molecule has 0 saturated heterocycles. The third kappa shape index (κ3) is 1.47. The van der Waals surface area contributed by atoms with Crippen molar-refractivity contribution in [3.63, 3.8) is 0 Å². The zero-order valence-electron chi connectivity index (χ0n) is 10.9. The van der Waals surface area contributed by atoms with Crippen LogP contribution < -0.4 is 5.32 Å². The molecule has 16 heavy (non-hydrogen) atoms. The van der Waals surface area contributed by atoms with Crippen molar-refractivity contribution in [3.8, 4) is 0 Å². The summed E-state index contributed by atoms with van der Waals surface area (Å²) in [6, 6.07) is 4.60. The highest BCUT2D eigenvalue weighted by molar-refractivity contribution is 5.25. The maximum Gasteiger partial charge on any atom is 0.0372 e. The van der Waals surface area contributed by atoms with Gasteiger partial charge in [0.1, 0.15) is 0 Å². The Morgan fingerprint density at radius 3 is 2.25 bits per heavy atom. The molecule has 0 amide bonds. The summed E-state index contributed by atoms with van der Waals surface area (Å²) in [7, 11) is 2.04. The first kappa shape index (κ1) is 11.6. The molecule has 0 aromatic carbocycles. The van der Waals surface area contributed by atoms with Crippen LogP contribution in [0.3, 0.4) is 0 Å². The van der Waals surface area contributed by atoms with E-state index in [0.717, 1.165) is 0 Å². The fourth-order valence-corrected chi connectivity index (χ4v) is 3.17. The van der Waals surface area contributed by atoms with E-state index in [1.54, 1.807) is 0 Å². The second-order valence-corrected chi connectivity index (χ2v) is 5.97.